The third kappa shape index (κ3) is 3.45. The Bertz CT molecular complexity index is 339. The van der Waals surface area contributed by atoms with Crippen LogP contribution in [0, 0.1) is 13.8 Å². The van der Waals surface area contributed by atoms with E-state index < -0.39 is 0 Å². The van der Waals surface area contributed by atoms with Crippen molar-refractivity contribution in [3.8, 4) is 0 Å². The van der Waals surface area contributed by atoms with Gasteiger partial charge in [0.2, 0.25) is 0 Å². The molecule has 0 unspecified atom stereocenters. The van der Waals surface area contributed by atoms with Gasteiger partial charge in [0.1, 0.15) is 12.4 Å². The van der Waals surface area contributed by atoms with Crippen molar-refractivity contribution in [1.29, 1.82) is 0 Å². The number of hydrogen-bond acceptors (Lipinski definition) is 4. The normalized spacial score (nSPS) is 10.5. The summed E-state index contributed by atoms with van der Waals surface area (Å²) in [6, 6.07) is 0. The zero-order valence-electron chi connectivity index (χ0n) is 10.6. The maximum absolute atomic E-state index is 5.44. The lowest BCUT2D eigenvalue weighted by Gasteiger charge is -2.11. The van der Waals surface area contributed by atoms with Crippen LogP contribution in [0.3, 0.4) is 0 Å². The molecule has 0 bridgehead atoms. The van der Waals surface area contributed by atoms with Crippen LogP contribution in [0.4, 0.5) is 5.82 Å². The number of hydrogen-bond donors (Lipinski definition) is 1. The van der Waals surface area contributed by atoms with Crippen molar-refractivity contribution in [3.05, 3.63) is 17.1 Å². The van der Waals surface area contributed by atoms with E-state index in [1.165, 1.54) is 0 Å². The number of ether oxygens (including phenoxy) is 1. The van der Waals surface area contributed by atoms with Crippen LogP contribution >= 0.6 is 0 Å². The topological polar surface area (TPSA) is 47.0 Å². The Hall–Kier alpha value is -1.16. The van der Waals surface area contributed by atoms with E-state index in [-0.39, 0.29) is 0 Å². The van der Waals surface area contributed by atoms with Crippen LogP contribution < -0.4 is 5.32 Å². The summed E-state index contributed by atoms with van der Waals surface area (Å²) in [5.74, 6) is 1.68. The highest BCUT2D eigenvalue weighted by atomic mass is 16.5. The summed E-state index contributed by atoms with van der Waals surface area (Å²) < 4.78 is 5.44. The van der Waals surface area contributed by atoms with Crippen LogP contribution in [-0.2, 0) is 11.3 Å². The zero-order chi connectivity index (χ0) is 12.0. The fraction of sp³-hybridized carbons (Fsp3) is 0.667. The van der Waals surface area contributed by atoms with Crippen molar-refractivity contribution in [3.63, 3.8) is 0 Å². The third-order valence-corrected chi connectivity index (χ3v) is 2.36. The quantitative estimate of drug-likeness (QED) is 0.752. The first kappa shape index (κ1) is 12.9. The molecule has 0 aliphatic carbocycles. The summed E-state index contributed by atoms with van der Waals surface area (Å²) in [6.07, 6.45) is 1.02. The van der Waals surface area contributed by atoms with Crippen molar-refractivity contribution in [2.24, 2.45) is 0 Å². The first-order valence-electron chi connectivity index (χ1n) is 5.84. The fourth-order valence-electron chi connectivity index (χ4n) is 1.40. The molecule has 16 heavy (non-hydrogen) atoms. The Morgan fingerprint density at radius 2 is 1.94 bits per heavy atom. The molecule has 0 saturated carbocycles. The molecule has 0 atom stereocenters. The molecule has 1 aromatic heterocycles. The Labute approximate surface area is 97.5 Å². The molecule has 0 amide bonds. The predicted molar refractivity (Wildman–Crippen MR) is 65.6 cm³/mol. The summed E-state index contributed by atoms with van der Waals surface area (Å²) in [6.45, 7) is 10.3. The molecule has 1 aromatic rings. The maximum Gasteiger partial charge on any atom is 0.156 e. The van der Waals surface area contributed by atoms with Gasteiger partial charge in [-0.2, -0.15) is 0 Å². The standard InChI is InChI=1S/C12H21N3O/c1-5-7-16-8-11-14-10(4)9(3)12(15-11)13-6-2/h5-8H2,1-4H3,(H,13,14,15). The molecule has 0 aliphatic heterocycles. The molecule has 0 aromatic carbocycles. The average molecular weight is 223 g/mol. The van der Waals surface area contributed by atoms with Crippen molar-refractivity contribution in [2.45, 2.75) is 40.7 Å². The number of nitrogens with zero attached hydrogens (tertiary/aromatic N) is 2. The molecule has 0 saturated heterocycles. The monoisotopic (exact) mass is 223 g/mol. The molecule has 0 fully saturated rings. The maximum atomic E-state index is 5.44. The van der Waals surface area contributed by atoms with E-state index in [9.17, 15) is 0 Å². The Balaban J connectivity index is 2.77. The first-order chi connectivity index (χ1) is 7.69. The van der Waals surface area contributed by atoms with Gasteiger partial charge in [0.05, 0.1) is 0 Å². The highest BCUT2D eigenvalue weighted by Crippen LogP contribution is 2.14. The third-order valence-electron chi connectivity index (χ3n) is 2.36. The van der Waals surface area contributed by atoms with Crippen molar-refractivity contribution >= 4 is 5.82 Å². The van der Waals surface area contributed by atoms with E-state index in [2.05, 4.69) is 29.1 Å². The van der Waals surface area contributed by atoms with Gasteiger partial charge in [-0.25, -0.2) is 9.97 Å². The summed E-state index contributed by atoms with van der Waals surface area (Å²) in [5, 5.41) is 3.24. The van der Waals surface area contributed by atoms with Gasteiger partial charge in [0.15, 0.2) is 5.82 Å². The van der Waals surface area contributed by atoms with Crippen LogP contribution in [0.2, 0.25) is 0 Å². The van der Waals surface area contributed by atoms with Crippen LogP contribution in [-0.4, -0.2) is 23.1 Å². The van der Waals surface area contributed by atoms with E-state index in [0.29, 0.717) is 6.61 Å². The molecule has 0 radical (unpaired) electrons. The van der Waals surface area contributed by atoms with E-state index in [1.807, 2.05) is 13.8 Å². The first-order valence-corrected chi connectivity index (χ1v) is 5.84. The molecule has 0 spiro atoms. The Morgan fingerprint density at radius 3 is 2.56 bits per heavy atom. The van der Waals surface area contributed by atoms with Gasteiger partial charge >= 0.3 is 0 Å². The van der Waals surface area contributed by atoms with Gasteiger partial charge in [0.25, 0.3) is 0 Å². The van der Waals surface area contributed by atoms with Crippen molar-refractivity contribution < 1.29 is 4.74 Å². The lowest BCUT2D eigenvalue weighted by atomic mass is 10.2. The largest absolute Gasteiger partial charge is 0.373 e. The lowest BCUT2D eigenvalue weighted by molar-refractivity contribution is 0.116. The van der Waals surface area contributed by atoms with Gasteiger partial charge in [0, 0.05) is 24.4 Å². The molecule has 90 valence electrons. The van der Waals surface area contributed by atoms with Gasteiger partial charge in [-0.3, -0.25) is 0 Å². The second-order valence-corrected chi connectivity index (χ2v) is 3.78. The minimum atomic E-state index is 0.493. The van der Waals surface area contributed by atoms with Crippen molar-refractivity contribution in [2.75, 3.05) is 18.5 Å². The minimum Gasteiger partial charge on any atom is -0.373 e. The van der Waals surface area contributed by atoms with E-state index >= 15 is 0 Å². The van der Waals surface area contributed by atoms with Gasteiger partial charge in [-0.05, 0) is 27.2 Å². The van der Waals surface area contributed by atoms with Crippen LogP contribution in [0.1, 0.15) is 37.4 Å². The molecular formula is C12H21N3O. The Kier molecular flexibility index (Phi) is 5.19. The number of rotatable bonds is 6. The van der Waals surface area contributed by atoms with Gasteiger partial charge in [-0.15, -0.1) is 0 Å². The van der Waals surface area contributed by atoms with E-state index in [1.54, 1.807) is 0 Å². The summed E-state index contributed by atoms with van der Waals surface area (Å²) in [4.78, 5) is 8.86. The molecule has 1 rings (SSSR count). The lowest BCUT2D eigenvalue weighted by Crippen LogP contribution is -2.09. The number of aryl methyl sites for hydroxylation is 1. The molecule has 1 N–H and O–H groups in total. The number of aromatic nitrogens is 2. The van der Waals surface area contributed by atoms with Crippen LogP contribution in [0.15, 0.2) is 0 Å². The summed E-state index contributed by atoms with van der Waals surface area (Å²) in [5.41, 5.74) is 2.13. The second-order valence-electron chi connectivity index (χ2n) is 3.78. The molecule has 0 aliphatic rings. The van der Waals surface area contributed by atoms with E-state index in [0.717, 1.165) is 42.5 Å². The zero-order valence-corrected chi connectivity index (χ0v) is 10.6. The Morgan fingerprint density at radius 1 is 1.19 bits per heavy atom. The second kappa shape index (κ2) is 6.43. The highest BCUT2D eigenvalue weighted by Gasteiger charge is 2.06. The molecular weight excluding hydrogens is 202 g/mol. The number of anilines is 1. The van der Waals surface area contributed by atoms with Gasteiger partial charge in [-0.1, -0.05) is 6.92 Å². The SMILES string of the molecule is CCCOCc1nc(C)c(C)c(NCC)n1. The van der Waals surface area contributed by atoms with Gasteiger partial charge < -0.3 is 10.1 Å². The summed E-state index contributed by atoms with van der Waals surface area (Å²) >= 11 is 0. The fourth-order valence-corrected chi connectivity index (χ4v) is 1.40. The molecule has 4 nitrogen and oxygen atoms in total. The van der Waals surface area contributed by atoms with E-state index in [4.69, 9.17) is 4.74 Å². The number of nitrogens with one attached hydrogen (secondary N) is 1. The highest BCUT2D eigenvalue weighted by molar-refractivity contribution is 5.45. The van der Waals surface area contributed by atoms with Crippen molar-refractivity contribution in [1.82, 2.24) is 9.97 Å². The smallest absolute Gasteiger partial charge is 0.156 e. The molecule has 1 heterocycles. The predicted octanol–water partition coefficient (Wildman–Crippen LogP) is 2.45. The average Bonchev–Trinajstić information content (AvgIpc) is 2.26. The molecule has 4 heteroatoms. The minimum absolute atomic E-state index is 0.493. The summed E-state index contributed by atoms with van der Waals surface area (Å²) in [7, 11) is 0. The van der Waals surface area contributed by atoms with Crippen LogP contribution in [0.25, 0.3) is 0 Å². The van der Waals surface area contributed by atoms with Crippen LogP contribution in [0.5, 0.6) is 0 Å².